The smallest absolute Gasteiger partial charge is 0.221 e. The van der Waals surface area contributed by atoms with E-state index in [-0.39, 0.29) is 42.6 Å². The van der Waals surface area contributed by atoms with Gasteiger partial charge < -0.3 is 15.4 Å². The number of nitrogens with zero attached hydrogens (tertiary/aromatic N) is 1. The van der Waals surface area contributed by atoms with E-state index in [4.69, 9.17) is 4.74 Å². The van der Waals surface area contributed by atoms with Crippen LogP contribution in [0.4, 0.5) is 4.39 Å². The number of morpholine rings is 1. The van der Waals surface area contributed by atoms with E-state index in [9.17, 15) is 9.18 Å². The van der Waals surface area contributed by atoms with Crippen molar-refractivity contribution in [1.29, 1.82) is 0 Å². The molecule has 0 aliphatic carbocycles. The number of nitrogens with one attached hydrogen (secondary N) is 2. The summed E-state index contributed by atoms with van der Waals surface area (Å²) in [5.74, 6) is -0.161. The summed E-state index contributed by atoms with van der Waals surface area (Å²) in [6.07, 6.45) is 2.74. The third-order valence-corrected chi connectivity index (χ3v) is 4.83. The van der Waals surface area contributed by atoms with Gasteiger partial charge in [-0.3, -0.25) is 9.69 Å². The van der Waals surface area contributed by atoms with Crippen molar-refractivity contribution in [3.8, 4) is 0 Å². The first-order chi connectivity index (χ1) is 11.7. The Labute approximate surface area is 166 Å². The van der Waals surface area contributed by atoms with Crippen LogP contribution < -0.4 is 10.6 Å². The Morgan fingerprint density at radius 3 is 2.58 bits per heavy atom. The van der Waals surface area contributed by atoms with Gasteiger partial charge in [0.2, 0.25) is 5.91 Å². The topological polar surface area (TPSA) is 53.6 Å². The van der Waals surface area contributed by atoms with Crippen LogP contribution in [0.5, 0.6) is 0 Å². The van der Waals surface area contributed by atoms with Crippen molar-refractivity contribution in [2.24, 2.45) is 0 Å². The van der Waals surface area contributed by atoms with E-state index in [1.165, 1.54) is 12.1 Å². The van der Waals surface area contributed by atoms with Crippen molar-refractivity contribution in [3.63, 3.8) is 0 Å². The van der Waals surface area contributed by atoms with Crippen molar-refractivity contribution in [2.75, 3.05) is 39.4 Å². The fourth-order valence-electron chi connectivity index (χ4n) is 3.47. The van der Waals surface area contributed by atoms with Crippen LogP contribution in [0.25, 0.3) is 0 Å². The van der Waals surface area contributed by atoms with Crippen LogP contribution in [0.2, 0.25) is 0 Å². The first-order valence-corrected chi connectivity index (χ1v) is 8.80. The standard InChI is InChI=1S/C18H26FN3O2.2ClH/c19-15-5-3-14(4-6-15)17(22-8-10-24-11-9-22)13-21-18(23)12-16-2-1-7-20-16;;/h3-6,16-17,20H,1-2,7-13H2,(H,21,23);2*1H. The predicted octanol–water partition coefficient (Wildman–Crippen LogP) is 2.30. The number of rotatable bonds is 6. The highest BCUT2D eigenvalue weighted by molar-refractivity contribution is 5.85. The minimum Gasteiger partial charge on any atom is -0.379 e. The van der Waals surface area contributed by atoms with Gasteiger partial charge >= 0.3 is 0 Å². The van der Waals surface area contributed by atoms with Crippen molar-refractivity contribution >= 4 is 30.7 Å². The summed E-state index contributed by atoms with van der Waals surface area (Å²) in [4.78, 5) is 14.5. The molecule has 2 aliphatic heterocycles. The number of halogens is 3. The lowest BCUT2D eigenvalue weighted by atomic mass is 10.0. The molecule has 2 atom stereocenters. The summed E-state index contributed by atoms with van der Waals surface area (Å²) >= 11 is 0. The molecule has 2 fully saturated rings. The van der Waals surface area contributed by atoms with E-state index in [1.807, 2.05) is 0 Å². The van der Waals surface area contributed by atoms with Gasteiger partial charge in [-0.05, 0) is 37.1 Å². The Morgan fingerprint density at radius 2 is 1.96 bits per heavy atom. The molecular formula is C18H28Cl2FN3O2. The Morgan fingerprint density at radius 1 is 1.27 bits per heavy atom. The number of amides is 1. The average Bonchev–Trinajstić information content (AvgIpc) is 3.10. The van der Waals surface area contributed by atoms with E-state index < -0.39 is 0 Å². The molecule has 0 saturated carbocycles. The molecule has 2 N–H and O–H groups in total. The molecule has 0 radical (unpaired) electrons. The third kappa shape index (κ3) is 6.67. The maximum Gasteiger partial charge on any atom is 0.221 e. The van der Waals surface area contributed by atoms with Gasteiger partial charge in [0.15, 0.2) is 0 Å². The molecule has 1 aromatic rings. The van der Waals surface area contributed by atoms with E-state index in [0.29, 0.717) is 32.2 Å². The van der Waals surface area contributed by atoms with Crippen LogP contribution in [0, 0.1) is 5.82 Å². The summed E-state index contributed by atoms with van der Waals surface area (Å²) in [5.41, 5.74) is 1.03. The minimum absolute atomic E-state index is 0. The number of carbonyl (C=O) groups is 1. The molecule has 8 heteroatoms. The first kappa shape index (κ1) is 23.1. The molecule has 0 spiro atoms. The summed E-state index contributed by atoms with van der Waals surface area (Å²) in [5, 5.41) is 6.41. The number of hydrogen-bond acceptors (Lipinski definition) is 4. The van der Waals surface area contributed by atoms with Gasteiger partial charge in [-0.25, -0.2) is 4.39 Å². The lowest BCUT2D eigenvalue weighted by molar-refractivity contribution is -0.121. The van der Waals surface area contributed by atoms with Gasteiger partial charge in [-0.2, -0.15) is 0 Å². The fraction of sp³-hybridized carbons (Fsp3) is 0.611. The molecule has 3 rings (SSSR count). The van der Waals surface area contributed by atoms with Gasteiger partial charge in [0.1, 0.15) is 5.82 Å². The van der Waals surface area contributed by atoms with Crippen LogP contribution in [-0.4, -0.2) is 56.2 Å². The average molecular weight is 408 g/mol. The molecule has 2 heterocycles. The van der Waals surface area contributed by atoms with Gasteiger partial charge in [0.05, 0.1) is 19.3 Å². The zero-order chi connectivity index (χ0) is 16.8. The fourth-order valence-corrected chi connectivity index (χ4v) is 3.47. The lowest BCUT2D eigenvalue weighted by Crippen LogP contribution is -2.44. The molecule has 2 aliphatic rings. The molecule has 2 saturated heterocycles. The van der Waals surface area contributed by atoms with Gasteiger partial charge in [-0.1, -0.05) is 12.1 Å². The monoisotopic (exact) mass is 407 g/mol. The van der Waals surface area contributed by atoms with Crippen molar-refractivity contribution < 1.29 is 13.9 Å². The van der Waals surface area contributed by atoms with E-state index in [2.05, 4.69) is 15.5 Å². The van der Waals surface area contributed by atoms with E-state index >= 15 is 0 Å². The Balaban J connectivity index is 0.00000169. The van der Waals surface area contributed by atoms with Gasteiger partial charge in [0, 0.05) is 32.1 Å². The van der Waals surface area contributed by atoms with Crippen LogP contribution in [-0.2, 0) is 9.53 Å². The highest BCUT2D eigenvalue weighted by Crippen LogP contribution is 2.22. The maximum absolute atomic E-state index is 13.2. The second kappa shape index (κ2) is 11.7. The quantitative estimate of drug-likeness (QED) is 0.759. The molecule has 0 aromatic heterocycles. The minimum atomic E-state index is -0.240. The SMILES string of the molecule is Cl.Cl.O=C(CC1CCCN1)NCC(c1ccc(F)cc1)N1CCOCC1. The third-order valence-electron chi connectivity index (χ3n) is 4.83. The number of benzene rings is 1. The van der Waals surface area contributed by atoms with Crippen LogP contribution >= 0.6 is 24.8 Å². The molecule has 26 heavy (non-hydrogen) atoms. The number of carbonyl (C=O) groups excluding carboxylic acids is 1. The highest BCUT2D eigenvalue weighted by Gasteiger charge is 2.24. The number of hydrogen-bond donors (Lipinski definition) is 2. The molecule has 0 bridgehead atoms. The lowest BCUT2D eigenvalue weighted by Gasteiger charge is -2.35. The van der Waals surface area contributed by atoms with Gasteiger partial charge in [0.25, 0.3) is 0 Å². The zero-order valence-corrected chi connectivity index (χ0v) is 16.4. The summed E-state index contributed by atoms with van der Waals surface area (Å²) in [6.45, 7) is 4.57. The molecule has 148 valence electrons. The van der Waals surface area contributed by atoms with Gasteiger partial charge in [-0.15, -0.1) is 24.8 Å². The Hall–Kier alpha value is -0.920. The second-order valence-electron chi connectivity index (χ2n) is 6.52. The summed E-state index contributed by atoms with van der Waals surface area (Å²) < 4.78 is 18.6. The highest BCUT2D eigenvalue weighted by atomic mass is 35.5. The normalized spacial score (nSPS) is 21.3. The predicted molar refractivity (Wildman–Crippen MR) is 105 cm³/mol. The van der Waals surface area contributed by atoms with Crippen LogP contribution in [0.1, 0.15) is 30.9 Å². The number of ether oxygens (including phenoxy) is 1. The summed E-state index contributed by atoms with van der Waals surface area (Å²) in [7, 11) is 0. The van der Waals surface area contributed by atoms with Crippen LogP contribution in [0.15, 0.2) is 24.3 Å². The van der Waals surface area contributed by atoms with Crippen molar-refractivity contribution in [2.45, 2.75) is 31.3 Å². The van der Waals surface area contributed by atoms with E-state index in [0.717, 1.165) is 38.0 Å². The largest absolute Gasteiger partial charge is 0.379 e. The molecule has 2 unspecified atom stereocenters. The molecule has 5 nitrogen and oxygen atoms in total. The Kier molecular flexibility index (Phi) is 10.4. The molecule has 1 aromatic carbocycles. The van der Waals surface area contributed by atoms with Crippen LogP contribution in [0.3, 0.4) is 0 Å². The Bertz CT molecular complexity index is 536. The zero-order valence-electron chi connectivity index (χ0n) is 14.8. The second-order valence-corrected chi connectivity index (χ2v) is 6.52. The molecule has 1 amide bonds. The van der Waals surface area contributed by atoms with Crippen molar-refractivity contribution in [3.05, 3.63) is 35.6 Å². The van der Waals surface area contributed by atoms with E-state index in [1.54, 1.807) is 12.1 Å². The van der Waals surface area contributed by atoms with Crippen molar-refractivity contribution in [1.82, 2.24) is 15.5 Å². The molecular weight excluding hydrogens is 380 g/mol. The first-order valence-electron chi connectivity index (χ1n) is 8.80. The summed E-state index contributed by atoms with van der Waals surface area (Å²) in [6, 6.07) is 6.92. The maximum atomic E-state index is 13.2.